The Labute approximate surface area is 285 Å². The minimum absolute atomic E-state index is 0.184. The molecule has 14 heteroatoms. The summed E-state index contributed by atoms with van der Waals surface area (Å²) >= 11 is 1.92. The SMILES string of the molecule is CCOc1cc([C@@H]2c3sc(=O)[nH]c3S[C@H]3C(=O)N(c4cccc(C(F)(F)F)c4)C(=O)[C@@H]23)ccc1OCC(=O)Nc1cccc2ccccc12. The van der Waals surface area contributed by atoms with Crippen LogP contribution in [0.2, 0.25) is 0 Å². The number of hydrogen-bond acceptors (Lipinski definition) is 8. The lowest BCUT2D eigenvalue weighted by atomic mass is 9.83. The molecule has 0 spiro atoms. The summed E-state index contributed by atoms with van der Waals surface area (Å²) in [6.45, 7) is 1.66. The van der Waals surface area contributed by atoms with Crippen LogP contribution in [0.4, 0.5) is 24.5 Å². The number of nitrogens with one attached hydrogen (secondary N) is 2. The Morgan fingerprint density at radius 1 is 0.918 bits per heavy atom. The van der Waals surface area contributed by atoms with E-state index in [-0.39, 0.29) is 35.3 Å². The van der Waals surface area contributed by atoms with Crippen molar-refractivity contribution in [2.75, 3.05) is 23.4 Å². The molecule has 3 atom stereocenters. The maximum absolute atomic E-state index is 14.0. The summed E-state index contributed by atoms with van der Waals surface area (Å²) in [5, 5.41) is 4.12. The first-order valence-electron chi connectivity index (χ1n) is 15.2. The van der Waals surface area contributed by atoms with Gasteiger partial charge in [-0.05, 0) is 54.3 Å². The van der Waals surface area contributed by atoms with Crippen LogP contribution in [-0.4, -0.2) is 41.2 Å². The van der Waals surface area contributed by atoms with Gasteiger partial charge in [-0.15, -0.1) is 0 Å². The second-order valence-electron chi connectivity index (χ2n) is 11.3. The van der Waals surface area contributed by atoms with Gasteiger partial charge >= 0.3 is 11.0 Å². The predicted octanol–water partition coefficient (Wildman–Crippen LogP) is 6.82. The smallest absolute Gasteiger partial charge is 0.416 e. The molecule has 0 aliphatic carbocycles. The van der Waals surface area contributed by atoms with Crippen molar-refractivity contribution in [3.05, 3.63) is 111 Å². The third kappa shape index (κ3) is 6.06. The van der Waals surface area contributed by atoms with Gasteiger partial charge in [0.1, 0.15) is 5.25 Å². The third-order valence-electron chi connectivity index (χ3n) is 8.30. The van der Waals surface area contributed by atoms with Gasteiger partial charge in [-0.3, -0.25) is 19.2 Å². The van der Waals surface area contributed by atoms with E-state index in [1.807, 2.05) is 36.4 Å². The largest absolute Gasteiger partial charge is 0.490 e. The molecule has 2 aliphatic heterocycles. The van der Waals surface area contributed by atoms with Crippen molar-refractivity contribution in [2.24, 2.45) is 5.92 Å². The number of benzene rings is 4. The van der Waals surface area contributed by atoms with Crippen molar-refractivity contribution in [1.29, 1.82) is 0 Å². The second-order valence-corrected chi connectivity index (χ2v) is 13.5. The molecule has 1 fully saturated rings. The fraction of sp³-hybridized carbons (Fsp3) is 0.200. The Bertz CT molecular complexity index is 2180. The van der Waals surface area contributed by atoms with E-state index in [2.05, 4.69) is 10.3 Å². The molecule has 2 aliphatic rings. The topological polar surface area (TPSA) is 118 Å². The zero-order valence-corrected chi connectivity index (χ0v) is 27.2. The molecule has 5 aromatic rings. The van der Waals surface area contributed by atoms with E-state index < -0.39 is 46.5 Å². The zero-order valence-electron chi connectivity index (χ0n) is 25.6. The van der Waals surface area contributed by atoms with Gasteiger partial charge in [-0.2, -0.15) is 13.2 Å². The van der Waals surface area contributed by atoms with Gasteiger partial charge in [-0.1, -0.05) is 71.6 Å². The molecule has 3 amide bonds. The lowest BCUT2D eigenvalue weighted by Crippen LogP contribution is -2.32. The van der Waals surface area contributed by atoms with Crippen molar-refractivity contribution in [3.8, 4) is 11.5 Å². The number of halogens is 3. The van der Waals surface area contributed by atoms with E-state index in [0.717, 1.165) is 57.0 Å². The number of nitrogens with zero attached hydrogens (tertiary/aromatic N) is 1. The molecule has 250 valence electrons. The van der Waals surface area contributed by atoms with Crippen molar-refractivity contribution in [2.45, 2.75) is 29.3 Å². The number of thiazole rings is 1. The average molecular weight is 706 g/mol. The maximum atomic E-state index is 14.0. The van der Waals surface area contributed by atoms with Crippen LogP contribution < -0.4 is 24.6 Å². The summed E-state index contributed by atoms with van der Waals surface area (Å²) in [7, 11) is 0. The van der Waals surface area contributed by atoms with Gasteiger partial charge in [0.15, 0.2) is 18.1 Å². The Kier molecular flexibility index (Phi) is 8.45. The number of rotatable bonds is 8. The molecule has 0 saturated carbocycles. The number of anilines is 2. The Morgan fingerprint density at radius 3 is 2.49 bits per heavy atom. The first kappa shape index (κ1) is 32.5. The molecule has 9 nitrogen and oxygen atoms in total. The van der Waals surface area contributed by atoms with Crippen LogP contribution in [0.3, 0.4) is 0 Å². The van der Waals surface area contributed by atoms with Crippen molar-refractivity contribution in [3.63, 3.8) is 0 Å². The van der Waals surface area contributed by atoms with Crippen LogP contribution in [0.25, 0.3) is 10.8 Å². The first-order chi connectivity index (χ1) is 23.5. The molecule has 3 heterocycles. The Morgan fingerprint density at radius 2 is 1.69 bits per heavy atom. The monoisotopic (exact) mass is 705 g/mol. The van der Waals surface area contributed by atoms with Crippen LogP contribution >= 0.6 is 23.1 Å². The van der Waals surface area contributed by atoms with E-state index in [1.165, 1.54) is 6.07 Å². The number of alkyl halides is 3. The lowest BCUT2D eigenvalue weighted by molar-refractivity contribution is -0.137. The third-order valence-corrected chi connectivity index (χ3v) is 10.7. The molecule has 7 rings (SSSR count). The molecular weight excluding hydrogens is 680 g/mol. The number of carbonyl (C=O) groups excluding carboxylic acids is 3. The zero-order chi connectivity index (χ0) is 34.4. The number of aromatic nitrogens is 1. The molecule has 2 N–H and O–H groups in total. The first-order valence-corrected chi connectivity index (χ1v) is 16.8. The van der Waals surface area contributed by atoms with Crippen molar-refractivity contribution >= 4 is 63.0 Å². The van der Waals surface area contributed by atoms with Crippen LogP contribution in [-0.2, 0) is 20.6 Å². The molecule has 0 bridgehead atoms. The molecule has 4 aromatic carbocycles. The quantitative estimate of drug-likeness (QED) is 0.170. The highest BCUT2D eigenvalue weighted by atomic mass is 32.2. The van der Waals surface area contributed by atoms with Crippen molar-refractivity contribution in [1.82, 2.24) is 4.98 Å². The number of carbonyl (C=O) groups is 3. The molecule has 49 heavy (non-hydrogen) atoms. The van der Waals surface area contributed by atoms with E-state index in [9.17, 15) is 32.3 Å². The number of thioether (sulfide) groups is 1. The van der Waals surface area contributed by atoms with Crippen LogP contribution in [0.15, 0.2) is 94.7 Å². The molecule has 0 unspecified atom stereocenters. The fourth-order valence-electron chi connectivity index (χ4n) is 6.22. The summed E-state index contributed by atoms with van der Waals surface area (Å²) in [5.74, 6) is -3.07. The van der Waals surface area contributed by atoms with Crippen molar-refractivity contribution < 1.29 is 37.0 Å². The number of H-pyrrole nitrogens is 1. The average Bonchev–Trinajstić information content (AvgIpc) is 3.57. The lowest BCUT2D eigenvalue weighted by Gasteiger charge is -2.30. The molecule has 0 radical (unpaired) electrons. The van der Waals surface area contributed by atoms with E-state index >= 15 is 0 Å². The van der Waals surface area contributed by atoms with Gasteiger partial charge in [0.25, 0.3) is 5.91 Å². The van der Waals surface area contributed by atoms with E-state index in [4.69, 9.17) is 9.47 Å². The summed E-state index contributed by atoms with van der Waals surface area (Å²) in [6, 6.07) is 22.2. The highest BCUT2D eigenvalue weighted by Crippen LogP contribution is 2.54. The minimum atomic E-state index is -4.67. The number of imide groups is 1. The fourth-order valence-corrected chi connectivity index (χ4v) is 8.74. The van der Waals surface area contributed by atoms with Crippen LogP contribution in [0, 0.1) is 5.92 Å². The molecule has 1 saturated heterocycles. The van der Waals surface area contributed by atoms with E-state index in [0.29, 0.717) is 21.2 Å². The Hall–Kier alpha value is -5.08. The van der Waals surface area contributed by atoms with E-state index in [1.54, 1.807) is 31.2 Å². The predicted molar refractivity (Wildman–Crippen MR) is 180 cm³/mol. The number of fused-ring (bicyclic) bond motifs is 3. The number of ether oxygens (including phenoxy) is 2. The summed E-state index contributed by atoms with van der Waals surface area (Å²) < 4.78 is 52.3. The van der Waals surface area contributed by atoms with Crippen LogP contribution in [0.5, 0.6) is 11.5 Å². The second kappa shape index (κ2) is 12.7. The number of aromatic amines is 1. The highest BCUT2D eigenvalue weighted by molar-refractivity contribution is 8.00. The summed E-state index contributed by atoms with van der Waals surface area (Å²) in [5.41, 5.74) is -0.0188. The number of hydrogen-bond donors (Lipinski definition) is 2. The minimum Gasteiger partial charge on any atom is -0.490 e. The van der Waals surface area contributed by atoms with Gasteiger partial charge in [0.05, 0.1) is 28.8 Å². The summed E-state index contributed by atoms with van der Waals surface area (Å²) in [4.78, 5) is 56.8. The van der Waals surface area contributed by atoms with Crippen LogP contribution in [0.1, 0.15) is 28.8 Å². The standard InChI is InChI=1S/C35H26F3N3O6S2/c1-2-46-25-15-19(13-14-24(25)47-17-26(42)39-23-12-5-8-18-7-3-4-11-22(18)23)27-28-30(48-31-29(27)49-34(45)40-31)33(44)41(32(28)43)21-10-6-9-20(16-21)35(36,37)38/h3-16,27-28,30H,2,17H2,1H3,(H,39,42)(H,40,45)/t27-,28-,30+/m0/s1. The van der Waals surface area contributed by atoms with Gasteiger partial charge in [0.2, 0.25) is 11.8 Å². The maximum Gasteiger partial charge on any atom is 0.416 e. The Balaban J connectivity index is 1.19. The summed E-state index contributed by atoms with van der Waals surface area (Å²) in [6.07, 6.45) is -4.67. The normalized spacial score (nSPS) is 18.7. The number of amides is 3. The highest BCUT2D eigenvalue weighted by Gasteiger charge is 2.56. The van der Waals surface area contributed by atoms with Gasteiger partial charge in [0, 0.05) is 21.9 Å². The molecule has 1 aromatic heterocycles. The molecular formula is C35H26F3N3O6S2. The van der Waals surface area contributed by atoms with Gasteiger partial charge in [-0.25, -0.2) is 4.90 Å². The van der Waals surface area contributed by atoms with Gasteiger partial charge < -0.3 is 19.8 Å².